The van der Waals surface area contributed by atoms with Crippen molar-refractivity contribution in [3.8, 4) is 0 Å². The maximum atomic E-state index is 10.7. The first-order chi connectivity index (χ1) is 5.08. The number of nitrogens with one attached hydrogen (secondary N) is 1. The molecular weight excluding hydrogens is 162 g/mol. The molecule has 0 unspecified atom stereocenters. The van der Waals surface area contributed by atoms with E-state index >= 15 is 0 Å². The van der Waals surface area contributed by atoms with Gasteiger partial charge in [0.2, 0.25) is 0 Å². The molecule has 1 N–H and O–H groups in total. The Morgan fingerprint density at radius 3 is 2.45 bits per heavy atom. The first-order valence-electron chi connectivity index (χ1n) is 3.96. The highest BCUT2D eigenvalue weighted by Gasteiger charge is 2.16. The lowest BCUT2D eigenvalue weighted by Crippen LogP contribution is -2.41. The molecule has 0 aliphatic carbocycles. The van der Waals surface area contributed by atoms with Gasteiger partial charge in [0, 0.05) is 12.0 Å². The lowest BCUT2D eigenvalue weighted by Gasteiger charge is -2.26. The first kappa shape index (κ1) is 9.00. The summed E-state index contributed by atoms with van der Waals surface area (Å²) in [5.41, 5.74) is 0. The summed E-state index contributed by atoms with van der Waals surface area (Å²) in [5.74, 6) is 1.08. The van der Waals surface area contributed by atoms with Crippen molar-refractivity contribution in [2.75, 3.05) is 25.1 Å². The van der Waals surface area contributed by atoms with E-state index in [9.17, 15) is 8.42 Å². The smallest absolute Gasteiger partial charge is 0.147 e. The minimum Gasteiger partial charge on any atom is -0.316 e. The van der Waals surface area contributed by atoms with E-state index in [0.717, 1.165) is 31.8 Å². The Morgan fingerprint density at radius 1 is 1.45 bits per heavy atom. The Bertz CT molecular complexity index is 206. The summed E-state index contributed by atoms with van der Waals surface area (Å²) < 4.78 is 21.4. The fourth-order valence-electron chi connectivity index (χ4n) is 1.19. The Morgan fingerprint density at radius 2 is 2.09 bits per heavy atom. The van der Waals surface area contributed by atoms with Crippen LogP contribution in [0.1, 0.15) is 12.8 Å². The van der Waals surface area contributed by atoms with Crippen LogP contribution >= 0.6 is 0 Å². The van der Waals surface area contributed by atoms with Gasteiger partial charge in [0.25, 0.3) is 0 Å². The molecule has 1 aliphatic heterocycles. The van der Waals surface area contributed by atoms with Gasteiger partial charge in [-0.05, 0) is 31.8 Å². The average molecular weight is 177 g/mol. The highest BCUT2D eigenvalue weighted by molar-refractivity contribution is 7.90. The molecule has 1 rings (SSSR count). The summed E-state index contributed by atoms with van der Waals surface area (Å²) in [5, 5.41) is 3.16. The lowest BCUT2D eigenvalue weighted by molar-refractivity contribution is 0.325. The van der Waals surface area contributed by atoms with E-state index in [4.69, 9.17) is 0 Å². The van der Waals surface area contributed by atoms with Gasteiger partial charge in [-0.3, -0.25) is 0 Å². The molecule has 11 heavy (non-hydrogen) atoms. The van der Waals surface area contributed by atoms with Crippen LogP contribution in [0.5, 0.6) is 0 Å². The summed E-state index contributed by atoms with van der Waals surface area (Å²) in [7, 11) is -2.72. The van der Waals surface area contributed by atoms with E-state index in [0.29, 0.717) is 5.75 Å². The van der Waals surface area contributed by atoms with Crippen LogP contribution in [0.25, 0.3) is 0 Å². The molecule has 0 saturated carbocycles. The maximum Gasteiger partial charge on any atom is 0.147 e. The summed E-state index contributed by atoms with van der Waals surface area (Å²) >= 11 is 0. The average Bonchev–Trinajstić information content (AvgIpc) is 1.73. The van der Waals surface area contributed by atoms with Crippen LogP contribution in [0.15, 0.2) is 0 Å². The van der Waals surface area contributed by atoms with Crippen molar-refractivity contribution >= 4 is 9.84 Å². The zero-order chi connectivity index (χ0) is 8.32. The van der Waals surface area contributed by atoms with Crippen molar-refractivity contribution in [3.63, 3.8) is 0 Å². The fourth-order valence-corrected chi connectivity index (χ4v) is 1.88. The van der Waals surface area contributed by atoms with E-state index in [1.54, 1.807) is 0 Å². The van der Waals surface area contributed by atoms with Gasteiger partial charge in [-0.1, -0.05) is 0 Å². The van der Waals surface area contributed by atoms with Crippen LogP contribution in [0.3, 0.4) is 0 Å². The van der Waals surface area contributed by atoms with Gasteiger partial charge in [0.1, 0.15) is 9.84 Å². The van der Waals surface area contributed by atoms with E-state index in [-0.39, 0.29) is 0 Å². The third-order valence-electron chi connectivity index (χ3n) is 1.99. The third kappa shape index (κ3) is 3.72. The first-order valence-corrected chi connectivity index (χ1v) is 6.02. The normalized spacial score (nSPS) is 19.7. The molecule has 0 bridgehead atoms. The van der Waals surface area contributed by atoms with Crippen LogP contribution < -0.4 is 5.32 Å². The largest absolute Gasteiger partial charge is 0.316 e. The van der Waals surface area contributed by atoms with Crippen molar-refractivity contribution < 1.29 is 8.42 Å². The Kier molecular flexibility index (Phi) is 2.90. The van der Waals surface area contributed by atoms with Crippen molar-refractivity contribution in [1.29, 1.82) is 0 Å². The van der Waals surface area contributed by atoms with Gasteiger partial charge in [-0.15, -0.1) is 0 Å². The molecule has 1 saturated heterocycles. The predicted octanol–water partition coefficient (Wildman–Crippen LogP) is 0.0306. The SMILES string of the molecule is CS(=O)(=O)CCCC1CNC1. The van der Waals surface area contributed by atoms with E-state index in [1.807, 2.05) is 0 Å². The molecule has 0 aromatic carbocycles. The number of rotatable bonds is 4. The highest BCUT2D eigenvalue weighted by Crippen LogP contribution is 2.11. The van der Waals surface area contributed by atoms with Gasteiger partial charge >= 0.3 is 0 Å². The molecule has 1 heterocycles. The molecule has 0 aromatic heterocycles. The molecule has 0 atom stereocenters. The minimum absolute atomic E-state index is 0.351. The zero-order valence-corrected chi connectivity index (χ0v) is 7.65. The molecule has 66 valence electrons. The molecule has 0 radical (unpaired) electrons. The van der Waals surface area contributed by atoms with Crippen LogP contribution in [-0.2, 0) is 9.84 Å². The standard InChI is InChI=1S/C7H15NO2S/c1-11(9,10)4-2-3-7-5-8-6-7/h7-8H,2-6H2,1H3. The second-order valence-electron chi connectivity index (χ2n) is 3.30. The molecule has 3 nitrogen and oxygen atoms in total. The lowest BCUT2D eigenvalue weighted by atomic mass is 9.98. The third-order valence-corrected chi connectivity index (χ3v) is 3.02. The van der Waals surface area contributed by atoms with Gasteiger partial charge in [-0.25, -0.2) is 8.42 Å². The quantitative estimate of drug-likeness (QED) is 0.659. The molecule has 1 fully saturated rings. The minimum atomic E-state index is -2.72. The summed E-state index contributed by atoms with van der Waals surface area (Å²) in [6.45, 7) is 2.15. The number of hydrogen-bond acceptors (Lipinski definition) is 3. The number of hydrogen-bond donors (Lipinski definition) is 1. The van der Waals surface area contributed by atoms with Gasteiger partial charge in [0.05, 0.1) is 0 Å². The van der Waals surface area contributed by atoms with E-state index < -0.39 is 9.84 Å². The maximum absolute atomic E-state index is 10.7. The van der Waals surface area contributed by atoms with Gasteiger partial charge < -0.3 is 5.32 Å². The van der Waals surface area contributed by atoms with Crippen LogP contribution in [-0.4, -0.2) is 33.5 Å². The van der Waals surface area contributed by atoms with Crippen LogP contribution in [0, 0.1) is 5.92 Å². The Balaban J connectivity index is 2.04. The van der Waals surface area contributed by atoms with E-state index in [2.05, 4.69) is 5.32 Å². The van der Waals surface area contributed by atoms with Crippen LogP contribution in [0.4, 0.5) is 0 Å². The number of sulfone groups is 1. The molecule has 0 amide bonds. The summed E-state index contributed by atoms with van der Waals surface area (Å²) in [6, 6.07) is 0. The molecule has 0 spiro atoms. The van der Waals surface area contributed by atoms with Gasteiger partial charge in [-0.2, -0.15) is 0 Å². The van der Waals surface area contributed by atoms with Crippen molar-refractivity contribution in [3.05, 3.63) is 0 Å². The van der Waals surface area contributed by atoms with Crippen molar-refractivity contribution in [2.45, 2.75) is 12.8 Å². The molecule has 4 heteroatoms. The van der Waals surface area contributed by atoms with Crippen LogP contribution in [0.2, 0.25) is 0 Å². The Hall–Kier alpha value is -0.0900. The van der Waals surface area contributed by atoms with Crippen molar-refractivity contribution in [1.82, 2.24) is 5.32 Å². The Labute approximate surface area is 68.1 Å². The molecule has 0 aromatic rings. The second-order valence-corrected chi connectivity index (χ2v) is 5.56. The summed E-state index contributed by atoms with van der Waals surface area (Å²) in [4.78, 5) is 0. The fraction of sp³-hybridized carbons (Fsp3) is 1.00. The van der Waals surface area contributed by atoms with Gasteiger partial charge in [0.15, 0.2) is 0 Å². The molecular formula is C7H15NO2S. The van der Waals surface area contributed by atoms with Crippen molar-refractivity contribution in [2.24, 2.45) is 5.92 Å². The monoisotopic (exact) mass is 177 g/mol. The molecule has 1 aliphatic rings. The second kappa shape index (κ2) is 3.54. The highest BCUT2D eigenvalue weighted by atomic mass is 32.2. The van der Waals surface area contributed by atoms with E-state index in [1.165, 1.54) is 6.26 Å². The summed E-state index contributed by atoms with van der Waals surface area (Å²) in [6.07, 6.45) is 3.18. The zero-order valence-electron chi connectivity index (χ0n) is 6.84. The predicted molar refractivity (Wildman–Crippen MR) is 45.3 cm³/mol. The topological polar surface area (TPSA) is 46.2 Å².